The topological polar surface area (TPSA) is 63.8 Å². The minimum absolute atomic E-state index is 0.561. The molecule has 0 bridgehead atoms. The van der Waals surface area contributed by atoms with Crippen LogP contribution in [0.3, 0.4) is 0 Å². The fourth-order valence-electron chi connectivity index (χ4n) is 2.13. The van der Waals surface area contributed by atoms with Crippen LogP contribution in [0.1, 0.15) is 25.1 Å². The molecular weight excluding hydrogens is 252 g/mol. The number of aliphatic hydroxyl groups is 1. The highest BCUT2D eigenvalue weighted by Gasteiger charge is 2.20. The van der Waals surface area contributed by atoms with Gasteiger partial charge in [-0.2, -0.15) is 0 Å². The molecule has 5 heteroatoms. The first-order valence-electron chi connectivity index (χ1n) is 6.50. The van der Waals surface area contributed by atoms with Gasteiger partial charge in [0, 0.05) is 11.6 Å². The average Bonchev–Trinajstić information content (AvgIpc) is 2.88. The van der Waals surface area contributed by atoms with E-state index in [0.29, 0.717) is 12.2 Å². The first-order chi connectivity index (χ1) is 9.54. The summed E-state index contributed by atoms with van der Waals surface area (Å²) in [7, 11) is 0. The van der Waals surface area contributed by atoms with Crippen molar-refractivity contribution in [3.05, 3.63) is 54.0 Å². The molecule has 3 aromatic rings. The van der Waals surface area contributed by atoms with E-state index in [9.17, 15) is 5.11 Å². The Hall–Kier alpha value is -2.27. The van der Waals surface area contributed by atoms with Gasteiger partial charge in [-0.1, -0.05) is 29.5 Å². The van der Waals surface area contributed by atoms with E-state index in [1.807, 2.05) is 30.3 Å². The van der Waals surface area contributed by atoms with Crippen LogP contribution in [0.5, 0.6) is 0 Å². The largest absolute Gasteiger partial charge is 0.384 e. The van der Waals surface area contributed by atoms with Gasteiger partial charge >= 0.3 is 0 Å². The fourth-order valence-corrected chi connectivity index (χ4v) is 2.13. The van der Waals surface area contributed by atoms with Crippen molar-refractivity contribution in [2.24, 2.45) is 0 Å². The molecule has 0 aliphatic heterocycles. The highest BCUT2D eigenvalue weighted by Crippen LogP contribution is 2.19. The lowest BCUT2D eigenvalue weighted by atomic mass is 10.1. The fraction of sp³-hybridized carbons (Fsp3) is 0.267. The monoisotopic (exact) mass is 268 g/mol. The molecule has 0 spiro atoms. The highest BCUT2D eigenvalue weighted by molar-refractivity contribution is 5.81. The molecule has 0 atom stereocenters. The molecule has 0 amide bonds. The van der Waals surface area contributed by atoms with E-state index >= 15 is 0 Å². The van der Waals surface area contributed by atoms with Crippen LogP contribution in [-0.4, -0.2) is 25.1 Å². The molecule has 0 saturated carbocycles. The lowest BCUT2D eigenvalue weighted by Gasteiger charge is -2.11. The Kier molecular flexibility index (Phi) is 2.99. The van der Waals surface area contributed by atoms with Crippen molar-refractivity contribution in [3.8, 4) is 0 Å². The van der Waals surface area contributed by atoms with Crippen molar-refractivity contribution < 1.29 is 5.11 Å². The van der Waals surface area contributed by atoms with Crippen molar-refractivity contribution >= 4 is 10.9 Å². The van der Waals surface area contributed by atoms with Gasteiger partial charge in [-0.3, -0.25) is 4.98 Å². The Morgan fingerprint density at radius 3 is 2.75 bits per heavy atom. The highest BCUT2D eigenvalue weighted by atomic mass is 16.3. The van der Waals surface area contributed by atoms with Gasteiger partial charge in [0.05, 0.1) is 18.3 Å². The number of nitrogens with zero attached hydrogens (tertiary/aromatic N) is 4. The predicted molar refractivity (Wildman–Crippen MR) is 76.1 cm³/mol. The average molecular weight is 268 g/mol. The SMILES string of the molecule is CC(C)(O)c1cn(Cc2cccc3cccnc23)nn1. The number of fused-ring (bicyclic) bond motifs is 1. The van der Waals surface area contributed by atoms with Gasteiger partial charge in [-0.25, -0.2) is 4.68 Å². The Morgan fingerprint density at radius 1 is 1.20 bits per heavy atom. The third-order valence-corrected chi connectivity index (χ3v) is 3.21. The lowest BCUT2D eigenvalue weighted by Crippen LogP contribution is -2.15. The van der Waals surface area contributed by atoms with E-state index < -0.39 is 5.60 Å². The third kappa shape index (κ3) is 2.40. The standard InChI is InChI=1S/C15H16N4O/c1-15(2,20)13-10-19(18-17-13)9-12-6-3-5-11-7-4-8-16-14(11)12/h3-8,10,20H,9H2,1-2H3. The number of rotatable bonds is 3. The minimum atomic E-state index is -0.977. The van der Waals surface area contributed by atoms with Crippen molar-refractivity contribution in [1.29, 1.82) is 0 Å². The second kappa shape index (κ2) is 4.68. The van der Waals surface area contributed by atoms with Crippen LogP contribution in [0, 0.1) is 0 Å². The van der Waals surface area contributed by atoms with Gasteiger partial charge in [0.2, 0.25) is 0 Å². The van der Waals surface area contributed by atoms with Crippen molar-refractivity contribution in [1.82, 2.24) is 20.0 Å². The first kappa shape index (κ1) is 12.7. The molecular formula is C15H16N4O. The maximum absolute atomic E-state index is 9.91. The Morgan fingerprint density at radius 2 is 2.00 bits per heavy atom. The molecule has 0 saturated heterocycles. The number of pyridine rings is 1. The summed E-state index contributed by atoms with van der Waals surface area (Å²) in [4.78, 5) is 4.42. The molecule has 1 aromatic carbocycles. The lowest BCUT2D eigenvalue weighted by molar-refractivity contribution is 0.0737. The Balaban J connectivity index is 1.96. The summed E-state index contributed by atoms with van der Waals surface area (Å²) in [5.41, 5.74) is 1.63. The Bertz CT molecular complexity index is 737. The second-order valence-electron chi connectivity index (χ2n) is 5.35. The summed E-state index contributed by atoms with van der Waals surface area (Å²) >= 11 is 0. The second-order valence-corrected chi connectivity index (χ2v) is 5.35. The summed E-state index contributed by atoms with van der Waals surface area (Å²) in [6.07, 6.45) is 3.55. The van der Waals surface area contributed by atoms with E-state index in [1.54, 1.807) is 30.9 Å². The zero-order valence-corrected chi connectivity index (χ0v) is 11.5. The van der Waals surface area contributed by atoms with Gasteiger partial charge < -0.3 is 5.11 Å². The smallest absolute Gasteiger partial charge is 0.114 e. The molecule has 0 fully saturated rings. The molecule has 0 radical (unpaired) electrons. The molecule has 3 rings (SSSR count). The number of aromatic nitrogens is 4. The van der Waals surface area contributed by atoms with E-state index in [1.165, 1.54) is 0 Å². The molecule has 5 nitrogen and oxygen atoms in total. The van der Waals surface area contributed by atoms with Crippen LogP contribution in [0.15, 0.2) is 42.7 Å². The van der Waals surface area contributed by atoms with Crippen LogP contribution in [0.4, 0.5) is 0 Å². The van der Waals surface area contributed by atoms with Crippen LogP contribution in [0.25, 0.3) is 10.9 Å². The van der Waals surface area contributed by atoms with Gasteiger partial charge in [0.25, 0.3) is 0 Å². The van der Waals surface area contributed by atoms with Crippen molar-refractivity contribution in [2.45, 2.75) is 26.0 Å². The number of hydrogen-bond donors (Lipinski definition) is 1. The molecule has 1 N–H and O–H groups in total. The van der Waals surface area contributed by atoms with Crippen molar-refractivity contribution in [2.75, 3.05) is 0 Å². The molecule has 20 heavy (non-hydrogen) atoms. The molecule has 0 aliphatic carbocycles. The summed E-state index contributed by atoms with van der Waals surface area (Å²) in [5, 5.41) is 19.1. The maximum Gasteiger partial charge on any atom is 0.114 e. The van der Waals surface area contributed by atoms with Gasteiger partial charge in [-0.15, -0.1) is 5.10 Å². The summed E-state index contributed by atoms with van der Waals surface area (Å²) in [5.74, 6) is 0. The number of benzene rings is 1. The van der Waals surface area contributed by atoms with Gasteiger partial charge in [-0.05, 0) is 25.5 Å². The van der Waals surface area contributed by atoms with E-state index in [-0.39, 0.29) is 0 Å². The normalized spacial score (nSPS) is 11.9. The molecule has 0 aliphatic rings. The number of para-hydroxylation sites is 1. The van der Waals surface area contributed by atoms with Gasteiger partial charge in [0.15, 0.2) is 0 Å². The molecule has 2 heterocycles. The summed E-state index contributed by atoms with van der Waals surface area (Å²) in [6.45, 7) is 3.97. The van der Waals surface area contributed by atoms with Crippen LogP contribution >= 0.6 is 0 Å². The number of hydrogen-bond acceptors (Lipinski definition) is 4. The van der Waals surface area contributed by atoms with Crippen LogP contribution in [0.2, 0.25) is 0 Å². The zero-order chi connectivity index (χ0) is 14.2. The molecule has 0 unspecified atom stereocenters. The predicted octanol–water partition coefficient (Wildman–Crippen LogP) is 2.10. The van der Waals surface area contributed by atoms with E-state index in [2.05, 4.69) is 15.3 Å². The minimum Gasteiger partial charge on any atom is -0.384 e. The van der Waals surface area contributed by atoms with Crippen LogP contribution in [-0.2, 0) is 12.1 Å². The summed E-state index contributed by atoms with van der Waals surface area (Å²) in [6, 6.07) is 10.0. The van der Waals surface area contributed by atoms with Gasteiger partial charge in [0.1, 0.15) is 11.3 Å². The molecule has 2 aromatic heterocycles. The van der Waals surface area contributed by atoms with Crippen LogP contribution < -0.4 is 0 Å². The van der Waals surface area contributed by atoms with Crippen molar-refractivity contribution in [3.63, 3.8) is 0 Å². The van der Waals surface area contributed by atoms with E-state index in [0.717, 1.165) is 16.5 Å². The zero-order valence-electron chi connectivity index (χ0n) is 11.5. The quantitative estimate of drug-likeness (QED) is 0.790. The van der Waals surface area contributed by atoms with E-state index in [4.69, 9.17) is 0 Å². The third-order valence-electron chi connectivity index (χ3n) is 3.21. The summed E-state index contributed by atoms with van der Waals surface area (Å²) < 4.78 is 1.72. The molecule has 102 valence electrons. The Labute approximate surface area is 116 Å². The first-order valence-corrected chi connectivity index (χ1v) is 6.50. The maximum atomic E-state index is 9.91.